The molecule has 0 amide bonds. The molecule has 2 fully saturated rings. The van der Waals surface area contributed by atoms with Crippen LogP contribution >= 0.6 is 0 Å². The first-order chi connectivity index (χ1) is 12.7. The van der Waals surface area contributed by atoms with Gasteiger partial charge in [0.15, 0.2) is 5.82 Å². The van der Waals surface area contributed by atoms with Crippen molar-refractivity contribution in [2.75, 3.05) is 18.0 Å². The van der Waals surface area contributed by atoms with Crippen molar-refractivity contribution < 1.29 is 4.74 Å². The van der Waals surface area contributed by atoms with Crippen molar-refractivity contribution in [2.24, 2.45) is 0 Å². The third-order valence-corrected chi connectivity index (χ3v) is 5.28. The van der Waals surface area contributed by atoms with Crippen molar-refractivity contribution in [1.82, 2.24) is 25.4 Å². The van der Waals surface area contributed by atoms with E-state index in [4.69, 9.17) is 9.72 Å². The second-order valence-corrected chi connectivity index (χ2v) is 7.52. The molecule has 1 saturated carbocycles. The number of hydrogen-bond acceptors (Lipinski definition) is 6. The number of aromatic amines is 1. The number of piperidine rings is 1. The van der Waals surface area contributed by atoms with Gasteiger partial charge in [-0.15, -0.1) is 5.10 Å². The molecule has 0 spiro atoms. The summed E-state index contributed by atoms with van der Waals surface area (Å²) in [5, 5.41) is 16.1. The Morgan fingerprint density at radius 1 is 1.15 bits per heavy atom. The van der Waals surface area contributed by atoms with Gasteiger partial charge in [-0.25, -0.2) is 4.98 Å². The van der Waals surface area contributed by atoms with Crippen LogP contribution in [0.25, 0.3) is 22.3 Å². The van der Waals surface area contributed by atoms with Crippen LogP contribution < -0.4 is 9.64 Å². The van der Waals surface area contributed by atoms with E-state index in [0.717, 1.165) is 54.0 Å². The largest absolute Gasteiger partial charge is 0.471 e. The zero-order valence-corrected chi connectivity index (χ0v) is 14.9. The fourth-order valence-electron chi connectivity index (χ4n) is 3.43. The quantitative estimate of drug-likeness (QED) is 0.777. The van der Waals surface area contributed by atoms with E-state index in [-0.39, 0.29) is 5.60 Å². The number of nitrogens with zero attached hydrogens (tertiary/aromatic N) is 5. The van der Waals surface area contributed by atoms with E-state index in [9.17, 15) is 0 Å². The minimum absolute atomic E-state index is 0.0514. The predicted octanol–water partition coefficient (Wildman–Crippen LogP) is 3.34. The lowest BCUT2D eigenvalue weighted by atomic mass is 10.1. The molecule has 2 aliphatic rings. The van der Waals surface area contributed by atoms with E-state index in [1.807, 2.05) is 12.1 Å². The summed E-state index contributed by atoms with van der Waals surface area (Å²) in [5.74, 6) is 1.56. The highest BCUT2D eigenvalue weighted by atomic mass is 16.5. The molecule has 0 radical (unpaired) electrons. The molecule has 3 aromatic heterocycles. The standard InChI is InChI=1S/C19H22N6O/c1-19(7-8-19)26-16-6-5-14-18(21-16)17(24-22-14)13-11-15(23-20-12-13)25-9-3-2-4-10-25/h5-6,11-12H,2-4,7-10H2,1H3,(H,22,24). The van der Waals surface area contributed by atoms with Crippen molar-refractivity contribution in [3.8, 4) is 17.1 Å². The highest BCUT2D eigenvalue weighted by Crippen LogP contribution is 2.39. The van der Waals surface area contributed by atoms with Gasteiger partial charge < -0.3 is 9.64 Å². The number of anilines is 1. The first-order valence-electron chi connectivity index (χ1n) is 9.32. The topological polar surface area (TPSA) is 79.8 Å². The van der Waals surface area contributed by atoms with E-state index in [0.29, 0.717) is 5.88 Å². The molecule has 3 aromatic rings. The molecule has 7 heteroatoms. The summed E-state index contributed by atoms with van der Waals surface area (Å²) in [7, 11) is 0. The number of pyridine rings is 1. The Morgan fingerprint density at radius 2 is 2.00 bits per heavy atom. The molecule has 26 heavy (non-hydrogen) atoms. The molecule has 0 atom stereocenters. The Morgan fingerprint density at radius 3 is 2.81 bits per heavy atom. The SMILES string of the molecule is CC1(Oc2ccc3[nH]nc(-c4cnnc(N5CCCCC5)c4)c3n2)CC1. The van der Waals surface area contributed by atoms with Gasteiger partial charge >= 0.3 is 0 Å². The summed E-state index contributed by atoms with van der Waals surface area (Å²) in [6, 6.07) is 5.93. The number of aromatic nitrogens is 5. The minimum Gasteiger partial charge on any atom is -0.471 e. The molecule has 1 aliphatic heterocycles. The number of nitrogens with one attached hydrogen (secondary N) is 1. The summed E-state index contributed by atoms with van der Waals surface area (Å²) < 4.78 is 6.01. The van der Waals surface area contributed by atoms with Crippen LogP contribution in [0.15, 0.2) is 24.4 Å². The van der Waals surface area contributed by atoms with Crippen molar-refractivity contribution in [3.63, 3.8) is 0 Å². The Balaban J connectivity index is 1.50. The zero-order valence-electron chi connectivity index (χ0n) is 14.9. The average Bonchev–Trinajstić information content (AvgIpc) is 3.25. The van der Waals surface area contributed by atoms with Crippen LogP contribution in [-0.2, 0) is 0 Å². The third kappa shape index (κ3) is 2.87. The number of fused-ring (bicyclic) bond motifs is 1. The van der Waals surface area contributed by atoms with E-state index >= 15 is 0 Å². The van der Waals surface area contributed by atoms with Gasteiger partial charge in [-0.3, -0.25) is 5.10 Å². The van der Waals surface area contributed by atoms with Gasteiger partial charge in [0.2, 0.25) is 5.88 Å². The fraction of sp³-hybridized carbons (Fsp3) is 0.474. The molecule has 7 nitrogen and oxygen atoms in total. The fourth-order valence-corrected chi connectivity index (χ4v) is 3.43. The molecule has 0 unspecified atom stereocenters. The van der Waals surface area contributed by atoms with Gasteiger partial charge in [0.05, 0.1) is 11.7 Å². The lowest BCUT2D eigenvalue weighted by Gasteiger charge is -2.27. The average molecular weight is 350 g/mol. The van der Waals surface area contributed by atoms with Crippen molar-refractivity contribution in [1.29, 1.82) is 0 Å². The maximum absolute atomic E-state index is 6.01. The van der Waals surface area contributed by atoms with E-state index in [2.05, 4.69) is 38.3 Å². The number of rotatable bonds is 4. The lowest BCUT2D eigenvalue weighted by Crippen LogP contribution is -2.30. The zero-order chi connectivity index (χ0) is 17.6. The third-order valence-electron chi connectivity index (χ3n) is 5.28. The Bertz CT molecular complexity index is 942. The molecular weight excluding hydrogens is 328 g/mol. The maximum Gasteiger partial charge on any atom is 0.214 e. The molecular formula is C19H22N6O. The monoisotopic (exact) mass is 350 g/mol. The minimum atomic E-state index is -0.0514. The number of hydrogen-bond donors (Lipinski definition) is 1. The molecule has 5 rings (SSSR count). The summed E-state index contributed by atoms with van der Waals surface area (Å²) in [4.78, 5) is 7.00. The first-order valence-corrected chi connectivity index (χ1v) is 9.32. The Labute approximate surface area is 151 Å². The number of ether oxygens (including phenoxy) is 1. The van der Waals surface area contributed by atoms with E-state index < -0.39 is 0 Å². The highest BCUT2D eigenvalue weighted by molar-refractivity contribution is 5.90. The summed E-state index contributed by atoms with van der Waals surface area (Å²) in [6.07, 6.45) is 7.62. The smallest absolute Gasteiger partial charge is 0.214 e. The molecule has 134 valence electrons. The predicted molar refractivity (Wildman–Crippen MR) is 99.2 cm³/mol. The van der Waals surface area contributed by atoms with E-state index in [1.54, 1.807) is 6.20 Å². The van der Waals surface area contributed by atoms with Gasteiger partial charge in [-0.1, -0.05) is 0 Å². The van der Waals surface area contributed by atoms with E-state index in [1.165, 1.54) is 19.3 Å². The van der Waals surface area contributed by atoms with Crippen LogP contribution in [-0.4, -0.2) is 44.1 Å². The van der Waals surface area contributed by atoms with Crippen LogP contribution in [0, 0.1) is 0 Å². The molecule has 1 saturated heterocycles. The van der Waals surface area contributed by atoms with Crippen LogP contribution in [0.2, 0.25) is 0 Å². The lowest BCUT2D eigenvalue weighted by molar-refractivity contribution is 0.192. The van der Waals surface area contributed by atoms with Gasteiger partial charge in [0, 0.05) is 24.7 Å². The Hall–Kier alpha value is -2.70. The second-order valence-electron chi connectivity index (χ2n) is 7.52. The molecule has 0 bridgehead atoms. The summed E-state index contributed by atoms with van der Waals surface area (Å²) in [6.45, 7) is 4.19. The molecule has 4 heterocycles. The van der Waals surface area contributed by atoms with Crippen LogP contribution in [0.3, 0.4) is 0 Å². The van der Waals surface area contributed by atoms with Crippen LogP contribution in [0.4, 0.5) is 5.82 Å². The highest BCUT2D eigenvalue weighted by Gasteiger charge is 2.40. The molecule has 0 aromatic carbocycles. The van der Waals surface area contributed by atoms with Crippen molar-refractivity contribution in [3.05, 3.63) is 24.4 Å². The van der Waals surface area contributed by atoms with Gasteiger partial charge in [0.25, 0.3) is 0 Å². The normalized spacial score (nSPS) is 18.9. The number of H-pyrrole nitrogens is 1. The van der Waals surface area contributed by atoms with Gasteiger partial charge in [0.1, 0.15) is 16.8 Å². The summed E-state index contributed by atoms with van der Waals surface area (Å²) >= 11 is 0. The Kier molecular flexibility index (Phi) is 3.55. The maximum atomic E-state index is 6.01. The van der Waals surface area contributed by atoms with Gasteiger partial charge in [-0.05, 0) is 51.2 Å². The van der Waals surface area contributed by atoms with Crippen LogP contribution in [0.5, 0.6) is 5.88 Å². The second kappa shape index (κ2) is 5.93. The van der Waals surface area contributed by atoms with Gasteiger partial charge in [-0.2, -0.15) is 10.2 Å². The first kappa shape index (κ1) is 15.5. The van der Waals surface area contributed by atoms with Crippen LogP contribution in [0.1, 0.15) is 39.0 Å². The van der Waals surface area contributed by atoms with Crippen molar-refractivity contribution in [2.45, 2.75) is 44.6 Å². The summed E-state index contributed by atoms with van der Waals surface area (Å²) in [5.41, 5.74) is 3.37. The van der Waals surface area contributed by atoms with Crippen molar-refractivity contribution >= 4 is 16.9 Å². The molecule has 1 aliphatic carbocycles. The molecule has 1 N–H and O–H groups in total.